The second kappa shape index (κ2) is 6.48. The summed E-state index contributed by atoms with van der Waals surface area (Å²) in [6.07, 6.45) is 3.34. The zero-order valence-electron chi connectivity index (χ0n) is 10.7. The summed E-state index contributed by atoms with van der Waals surface area (Å²) in [7, 11) is 1.43. The highest BCUT2D eigenvalue weighted by atomic mass is 79.9. The molecule has 1 fully saturated rings. The minimum atomic E-state index is -0.437. The van der Waals surface area contributed by atoms with E-state index in [2.05, 4.69) is 15.9 Å². The summed E-state index contributed by atoms with van der Waals surface area (Å²) < 4.78 is 24.2. The van der Waals surface area contributed by atoms with Crippen molar-refractivity contribution in [1.82, 2.24) is 0 Å². The Kier molecular flexibility index (Phi) is 4.93. The number of carbonyl (C=O) groups is 1. The SMILES string of the molecule is COc1cc(F)c(Br)cc1C(=O)CCC1CCCO1. The highest BCUT2D eigenvalue weighted by Gasteiger charge is 2.20. The first kappa shape index (κ1) is 14.5. The Labute approximate surface area is 120 Å². The van der Waals surface area contributed by atoms with Gasteiger partial charge in [-0.1, -0.05) is 0 Å². The van der Waals surface area contributed by atoms with Gasteiger partial charge in [0.1, 0.15) is 11.6 Å². The van der Waals surface area contributed by atoms with Gasteiger partial charge in [-0.3, -0.25) is 4.79 Å². The molecule has 0 aliphatic carbocycles. The molecule has 1 heterocycles. The molecule has 1 atom stereocenters. The predicted octanol–water partition coefficient (Wildman–Crippen LogP) is 3.74. The van der Waals surface area contributed by atoms with Crippen LogP contribution in [-0.2, 0) is 4.74 Å². The summed E-state index contributed by atoms with van der Waals surface area (Å²) in [4.78, 5) is 12.2. The van der Waals surface area contributed by atoms with Crippen LogP contribution in [0.2, 0.25) is 0 Å². The van der Waals surface area contributed by atoms with Crippen molar-refractivity contribution in [3.63, 3.8) is 0 Å². The maximum atomic E-state index is 13.4. The minimum absolute atomic E-state index is 0.0481. The van der Waals surface area contributed by atoms with E-state index in [1.165, 1.54) is 19.2 Å². The van der Waals surface area contributed by atoms with E-state index in [4.69, 9.17) is 9.47 Å². The second-order valence-electron chi connectivity index (χ2n) is 4.56. The molecule has 1 aliphatic heterocycles. The number of benzene rings is 1. The Balaban J connectivity index is 2.07. The lowest BCUT2D eigenvalue weighted by Gasteiger charge is -2.11. The molecule has 1 unspecified atom stereocenters. The summed E-state index contributed by atoms with van der Waals surface area (Å²) in [6.45, 7) is 0.782. The smallest absolute Gasteiger partial charge is 0.166 e. The maximum Gasteiger partial charge on any atom is 0.166 e. The molecule has 0 radical (unpaired) electrons. The second-order valence-corrected chi connectivity index (χ2v) is 5.42. The summed E-state index contributed by atoms with van der Waals surface area (Å²) in [5.41, 5.74) is 0.411. The molecule has 0 bridgehead atoms. The van der Waals surface area contributed by atoms with Crippen LogP contribution in [0, 0.1) is 5.82 Å². The van der Waals surface area contributed by atoms with Gasteiger partial charge in [0.15, 0.2) is 5.78 Å². The van der Waals surface area contributed by atoms with E-state index in [1.807, 2.05) is 0 Å². The first-order valence-corrected chi connectivity index (χ1v) is 7.09. The lowest BCUT2D eigenvalue weighted by Crippen LogP contribution is -2.10. The first-order valence-electron chi connectivity index (χ1n) is 6.29. The van der Waals surface area contributed by atoms with Crippen molar-refractivity contribution in [2.45, 2.75) is 31.8 Å². The van der Waals surface area contributed by atoms with Crippen LogP contribution in [-0.4, -0.2) is 25.6 Å². The zero-order chi connectivity index (χ0) is 13.8. The summed E-state index contributed by atoms with van der Waals surface area (Å²) >= 11 is 3.09. The van der Waals surface area contributed by atoms with Crippen LogP contribution < -0.4 is 4.74 Å². The van der Waals surface area contributed by atoms with Crippen molar-refractivity contribution in [1.29, 1.82) is 0 Å². The molecular weight excluding hydrogens is 315 g/mol. The van der Waals surface area contributed by atoms with Gasteiger partial charge in [0, 0.05) is 19.1 Å². The van der Waals surface area contributed by atoms with E-state index < -0.39 is 5.82 Å². The molecule has 104 valence electrons. The molecule has 0 saturated carbocycles. The van der Waals surface area contributed by atoms with Gasteiger partial charge in [-0.25, -0.2) is 4.39 Å². The number of halogens is 2. The van der Waals surface area contributed by atoms with Crippen LogP contribution in [0.5, 0.6) is 5.75 Å². The fourth-order valence-corrected chi connectivity index (χ4v) is 2.56. The fourth-order valence-electron chi connectivity index (χ4n) is 2.21. The third kappa shape index (κ3) is 3.54. The molecule has 0 aromatic heterocycles. The molecule has 0 spiro atoms. The van der Waals surface area contributed by atoms with E-state index in [9.17, 15) is 9.18 Å². The quantitative estimate of drug-likeness (QED) is 0.771. The fraction of sp³-hybridized carbons (Fsp3) is 0.500. The monoisotopic (exact) mass is 330 g/mol. The Morgan fingerprint density at radius 1 is 1.58 bits per heavy atom. The number of Topliss-reactive ketones (excluding diaryl/α,β-unsaturated/α-hetero) is 1. The average molecular weight is 331 g/mol. The normalized spacial score (nSPS) is 18.6. The Bertz CT molecular complexity index is 470. The Morgan fingerprint density at radius 3 is 3.00 bits per heavy atom. The van der Waals surface area contributed by atoms with Gasteiger partial charge in [0.05, 0.1) is 23.2 Å². The number of ether oxygens (including phenoxy) is 2. The number of rotatable bonds is 5. The third-order valence-electron chi connectivity index (χ3n) is 3.26. The maximum absolute atomic E-state index is 13.4. The van der Waals surface area contributed by atoms with Crippen LogP contribution in [0.1, 0.15) is 36.0 Å². The zero-order valence-corrected chi connectivity index (χ0v) is 12.3. The molecule has 1 saturated heterocycles. The summed E-state index contributed by atoms with van der Waals surface area (Å²) in [5.74, 6) is -0.210. The van der Waals surface area contributed by atoms with Gasteiger partial charge < -0.3 is 9.47 Å². The number of ketones is 1. The number of hydrogen-bond acceptors (Lipinski definition) is 3. The lowest BCUT2D eigenvalue weighted by atomic mass is 10.0. The van der Waals surface area contributed by atoms with Crippen LogP contribution >= 0.6 is 15.9 Å². The highest BCUT2D eigenvalue weighted by Crippen LogP contribution is 2.28. The van der Waals surface area contributed by atoms with E-state index in [1.54, 1.807) is 0 Å². The topological polar surface area (TPSA) is 35.5 Å². The predicted molar refractivity (Wildman–Crippen MR) is 73.2 cm³/mol. The molecule has 1 aromatic rings. The van der Waals surface area contributed by atoms with Crippen molar-refractivity contribution in [2.24, 2.45) is 0 Å². The Hall–Kier alpha value is -0.940. The number of carbonyl (C=O) groups excluding carboxylic acids is 1. The van der Waals surface area contributed by atoms with Crippen molar-refractivity contribution >= 4 is 21.7 Å². The molecule has 5 heteroatoms. The van der Waals surface area contributed by atoms with Crippen molar-refractivity contribution in [3.8, 4) is 5.75 Å². The van der Waals surface area contributed by atoms with Crippen molar-refractivity contribution in [3.05, 3.63) is 28.0 Å². The summed E-state index contributed by atoms with van der Waals surface area (Å²) in [5, 5.41) is 0. The average Bonchev–Trinajstić information content (AvgIpc) is 2.91. The van der Waals surface area contributed by atoms with Crippen LogP contribution in [0.25, 0.3) is 0 Å². The molecule has 1 aliphatic rings. The van der Waals surface area contributed by atoms with Gasteiger partial charge in [-0.15, -0.1) is 0 Å². The van der Waals surface area contributed by atoms with E-state index in [0.29, 0.717) is 18.4 Å². The molecule has 3 nitrogen and oxygen atoms in total. The van der Waals surface area contributed by atoms with E-state index in [-0.39, 0.29) is 22.1 Å². The highest BCUT2D eigenvalue weighted by molar-refractivity contribution is 9.10. The molecule has 0 N–H and O–H groups in total. The van der Waals surface area contributed by atoms with Gasteiger partial charge >= 0.3 is 0 Å². The number of hydrogen-bond donors (Lipinski definition) is 0. The number of methoxy groups -OCH3 is 1. The molecule has 1 aromatic carbocycles. The lowest BCUT2D eigenvalue weighted by molar-refractivity contribution is 0.0857. The van der Waals surface area contributed by atoms with Gasteiger partial charge in [0.25, 0.3) is 0 Å². The van der Waals surface area contributed by atoms with Gasteiger partial charge in [-0.05, 0) is 41.3 Å². The molecule has 2 rings (SSSR count). The largest absolute Gasteiger partial charge is 0.496 e. The van der Waals surface area contributed by atoms with E-state index >= 15 is 0 Å². The standard InChI is InChI=1S/C14H16BrFO3/c1-18-14-8-12(16)11(15)7-10(14)13(17)5-4-9-3-2-6-19-9/h7-9H,2-6H2,1H3. The van der Waals surface area contributed by atoms with Crippen LogP contribution in [0.15, 0.2) is 16.6 Å². The van der Waals surface area contributed by atoms with Crippen LogP contribution in [0.3, 0.4) is 0 Å². The summed E-state index contributed by atoms with van der Waals surface area (Å²) in [6, 6.07) is 2.70. The van der Waals surface area contributed by atoms with Crippen LogP contribution in [0.4, 0.5) is 4.39 Å². The van der Waals surface area contributed by atoms with Gasteiger partial charge in [-0.2, -0.15) is 0 Å². The Morgan fingerprint density at radius 2 is 2.37 bits per heavy atom. The van der Waals surface area contributed by atoms with E-state index in [0.717, 1.165) is 19.4 Å². The van der Waals surface area contributed by atoms with Gasteiger partial charge in [0.2, 0.25) is 0 Å². The molecular formula is C14H16BrFO3. The first-order chi connectivity index (χ1) is 9.11. The third-order valence-corrected chi connectivity index (χ3v) is 3.87. The molecule has 0 amide bonds. The van der Waals surface area contributed by atoms with Crippen molar-refractivity contribution in [2.75, 3.05) is 13.7 Å². The minimum Gasteiger partial charge on any atom is -0.496 e. The molecule has 19 heavy (non-hydrogen) atoms. The van der Waals surface area contributed by atoms with Crippen molar-refractivity contribution < 1.29 is 18.7 Å².